The van der Waals surface area contributed by atoms with Crippen LogP contribution < -0.4 is 10.1 Å². The van der Waals surface area contributed by atoms with Gasteiger partial charge in [-0.3, -0.25) is 0 Å². The molecule has 16 heavy (non-hydrogen) atoms. The Morgan fingerprint density at radius 3 is 2.81 bits per heavy atom. The van der Waals surface area contributed by atoms with Crippen molar-refractivity contribution in [3.63, 3.8) is 0 Å². The van der Waals surface area contributed by atoms with Crippen LogP contribution in [0.4, 0.5) is 0 Å². The lowest BCUT2D eigenvalue weighted by atomic mass is 10.1. The van der Waals surface area contributed by atoms with Crippen molar-refractivity contribution in [2.45, 2.75) is 26.8 Å². The van der Waals surface area contributed by atoms with Crippen molar-refractivity contribution >= 4 is 15.9 Å². The Bertz CT molecular complexity index is 328. The molecule has 2 nitrogen and oxygen atoms in total. The maximum atomic E-state index is 5.84. The van der Waals surface area contributed by atoms with E-state index in [0.29, 0.717) is 5.92 Å². The van der Waals surface area contributed by atoms with E-state index in [2.05, 4.69) is 41.2 Å². The van der Waals surface area contributed by atoms with Gasteiger partial charge in [0.05, 0.1) is 6.61 Å². The van der Waals surface area contributed by atoms with Gasteiger partial charge in [0.15, 0.2) is 0 Å². The van der Waals surface area contributed by atoms with Gasteiger partial charge < -0.3 is 10.1 Å². The largest absolute Gasteiger partial charge is 0.493 e. The predicted molar refractivity (Wildman–Crippen MR) is 71.9 cm³/mol. The van der Waals surface area contributed by atoms with Gasteiger partial charge in [0.25, 0.3) is 0 Å². The highest BCUT2D eigenvalue weighted by atomic mass is 79.9. The molecule has 0 fully saturated rings. The number of hydrogen-bond acceptors (Lipinski definition) is 2. The second-order valence-electron chi connectivity index (χ2n) is 4.11. The molecule has 90 valence electrons. The molecule has 0 saturated heterocycles. The van der Waals surface area contributed by atoms with Crippen LogP contribution in [-0.4, -0.2) is 13.7 Å². The van der Waals surface area contributed by atoms with Crippen molar-refractivity contribution in [3.8, 4) is 5.75 Å². The molecular weight excluding hydrogens is 266 g/mol. The molecule has 3 heteroatoms. The lowest BCUT2D eigenvalue weighted by Gasteiger charge is -2.14. The number of ether oxygens (including phenoxy) is 1. The molecule has 0 aliphatic carbocycles. The lowest BCUT2D eigenvalue weighted by molar-refractivity contribution is 0.254. The summed E-state index contributed by atoms with van der Waals surface area (Å²) in [5, 5.41) is 3.15. The molecule has 1 aromatic carbocycles. The fourth-order valence-electron chi connectivity index (χ4n) is 1.37. The highest BCUT2D eigenvalue weighted by molar-refractivity contribution is 9.10. The van der Waals surface area contributed by atoms with Crippen molar-refractivity contribution in [2.75, 3.05) is 13.7 Å². The van der Waals surface area contributed by atoms with E-state index in [1.807, 2.05) is 19.2 Å². The van der Waals surface area contributed by atoms with E-state index in [0.717, 1.165) is 29.8 Å². The number of benzene rings is 1. The third-order valence-electron chi connectivity index (χ3n) is 2.61. The zero-order valence-electron chi connectivity index (χ0n) is 10.2. The zero-order chi connectivity index (χ0) is 12.0. The van der Waals surface area contributed by atoms with Crippen LogP contribution in [0.25, 0.3) is 0 Å². The smallest absolute Gasteiger partial charge is 0.123 e. The minimum absolute atomic E-state index is 0.603. The van der Waals surface area contributed by atoms with Gasteiger partial charge in [-0.1, -0.05) is 36.2 Å². The fraction of sp³-hybridized carbons (Fsp3) is 0.538. The normalized spacial score (nSPS) is 12.5. The van der Waals surface area contributed by atoms with E-state index in [9.17, 15) is 0 Å². The van der Waals surface area contributed by atoms with Crippen molar-refractivity contribution in [3.05, 3.63) is 28.2 Å². The summed E-state index contributed by atoms with van der Waals surface area (Å²) in [5.74, 6) is 1.59. The number of nitrogens with one attached hydrogen (secondary N) is 1. The summed E-state index contributed by atoms with van der Waals surface area (Å²) in [5.41, 5.74) is 1.19. The van der Waals surface area contributed by atoms with Crippen molar-refractivity contribution in [1.29, 1.82) is 0 Å². The molecule has 1 atom stereocenters. The SMILES string of the molecule is CCC(C)COc1ccc(Br)cc1CNC. The molecule has 0 spiro atoms. The van der Waals surface area contributed by atoms with Gasteiger partial charge >= 0.3 is 0 Å². The summed E-state index contributed by atoms with van der Waals surface area (Å²) in [6.45, 7) is 6.00. The van der Waals surface area contributed by atoms with E-state index >= 15 is 0 Å². The molecule has 0 saturated carbocycles. The summed E-state index contributed by atoms with van der Waals surface area (Å²) in [6, 6.07) is 6.15. The summed E-state index contributed by atoms with van der Waals surface area (Å²) >= 11 is 3.48. The molecule has 0 aromatic heterocycles. The Morgan fingerprint density at radius 1 is 1.44 bits per heavy atom. The zero-order valence-corrected chi connectivity index (χ0v) is 11.8. The van der Waals surface area contributed by atoms with Gasteiger partial charge in [-0.25, -0.2) is 0 Å². The van der Waals surface area contributed by atoms with E-state index in [1.54, 1.807) is 0 Å². The van der Waals surface area contributed by atoms with Crippen LogP contribution in [0.5, 0.6) is 5.75 Å². The predicted octanol–water partition coefficient (Wildman–Crippen LogP) is 3.59. The molecule has 1 rings (SSSR count). The van der Waals surface area contributed by atoms with Crippen molar-refractivity contribution in [1.82, 2.24) is 5.32 Å². The van der Waals surface area contributed by atoms with E-state index in [4.69, 9.17) is 4.74 Å². The maximum Gasteiger partial charge on any atom is 0.123 e. The van der Waals surface area contributed by atoms with Gasteiger partial charge in [-0.2, -0.15) is 0 Å². The second kappa shape index (κ2) is 6.92. The van der Waals surface area contributed by atoms with Gasteiger partial charge in [0, 0.05) is 16.6 Å². The third-order valence-corrected chi connectivity index (χ3v) is 3.10. The van der Waals surface area contributed by atoms with Crippen LogP contribution >= 0.6 is 15.9 Å². The van der Waals surface area contributed by atoms with Crippen LogP contribution in [0.3, 0.4) is 0 Å². The number of halogens is 1. The van der Waals surface area contributed by atoms with Crippen LogP contribution in [-0.2, 0) is 6.54 Å². The van der Waals surface area contributed by atoms with Gasteiger partial charge in [-0.05, 0) is 31.2 Å². The highest BCUT2D eigenvalue weighted by Crippen LogP contribution is 2.23. The van der Waals surface area contributed by atoms with E-state index in [1.165, 1.54) is 5.56 Å². The van der Waals surface area contributed by atoms with Gasteiger partial charge in [0.2, 0.25) is 0 Å². The molecule has 0 bridgehead atoms. The van der Waals surface area contributed by atoms with Crippen molar-refractivity contribution < 1.29 is 4.74 Å². The Hall–Kier alpha value is -0.540. The molecule has 0 amide bonds. The highest BCUT2D eigenvalue weighted by Gasteiger charge is 2.06. The van der Waals surface area contributed by atoms with Crippen LogP contribution in [0, 0.1) is 5.92 Å². The Kier molecular flexibility index (Phi) is 5.85. The quantitative estimate of drug-likeness (QED) is 0.862. The molecule has 1 unspecified atom stereocenters. The number of hydrogen-bond donors (Lipinski definition) is 1. The molecular formula is C13H20BrNO. The molecule has 1 N–H and O–H groups in total. The first kappa shape index (κ1) is 13.5. The standard InChI is InChI=1S/C13H20BrNO/c1-4-10(2)9-16-13-6-5-12(14)7-11(13)8-15-3/h5-7,10,15H,4,8-9H2,1-3H3. The molecule has 0 heterocycles. The fourth-order valence-corrected chi connectivity index (χ4v) is 1.78. The maximum absolute atomic E-state index is 5.84. The first-order valence-corrected chi connectivity index (χ1v) is 6.52. The Balaban J connectivity index is 2.70. The number of rotatable bonds is 6. The first-order chi connectivity index (χ1) is 7.67. The molecule has 0 radical (unpaired) electrons. The van der Waals surface area contributed by atoms with Gasteiger partial charge in [-0.15, -0.1) is 0 Å². The van der Waals surface area contributed by atoms with Gasteiger partial charge in [0.1, 0.15) is 5.75 Å². The Labute approximate surface area is 107 Å². The summed E-state index contributed by atoms with van der Waals surface area (Å²) in [7, 11) is 1.94. The third kappa shape index (κ3) is 4.14. The molecule has 0 aliphatic heterocycles. The van der Waals surface area contributed by atoms with Crippen LogP contribution in [0.15, 0.2) is 22.7 Å². The molecule has 1 aromatic rings. The van der Waals surface area contributed by atoms with Crippen LogP contribution in [0.2, 0.25) is 0 Å². The monoisotopic (exact) mass is 285 g/mol. The lowest BCUT2D eigenvalue weighted by Crippen LogP contribution is -2.11. The molecule has 0 aliphatic rings. The average molecular weight is 286 g/mol. The Morgan fingerprint density at radius 2 is 2.19 bits per heavy atom. The van der Waals surface area contributed by atoms with E-state index < -0.39 is 0 Å². The minimum Gasteiger partial charge on any atom is -0.493 e. The topological polar surface area (TPSA) is 21.3 Å². The van der Waals surface area contributed by atoms with Crippen LogP contribution in [0.1, 0.15) is 25.8 Å². The summed E-state index contributed by atoms with van der Waals surface area (Å²) in [6.07, 6.45) is 1.15. The van der Waals surface area contributed by atoms with E-state index in [-0.39, 0.29) is 0 Å². The second-order valence-corrected chi connectivity index (χ2v) is 5.02. The minimum atomic E-state index is 0.603. The summed E-state index contributed by atoms with van der Waals surface area (Å²) < 4.78 is 6.93. The van der Waals surface area contributed by atoms with Crippen molar-refractivity contribution in [2.24, 2.45) is 5.92 Å². The summed E-state index contributed by atoms with van der Waals surface area (Å²) in [4.78, 5) is 0. The average Bonchev–Trinajstić information content (AvgIpc) is 2.28. The first-order valence-electron chi connectivity index (χ1n) is 5.73.